The monoisotopic (exact) mass is 579 g/mol. The standard InChI is InChI=1S/C32H38FN3O6/c1-20-28(31(2,3)33)26(17-27(38)34-14-6-7-23(34)19-37)42-32(20)24-8-4-5-9-25(24)36(29(32)39)18-21-10-12-22(13-11-21)35-15-16-41-30(35)40/h4-5,8-13,20,23,26,28,37H,6-7,14-19H2,1-3H3/t20-,23-,26+,28-,32+/m0/s1. The molecule has 0 aliphatic carbocycles. The molecule has 5 atom stereocenters. The Kier molecular flexibility index (Phi) is 7.25. The molecule has 42 heavy (non-hydrogen) atoms. The van der Waals surface area contributed by atoms with E-state index in [1.54, 1.807) is 14.7 Å². The van der Waals surface area contributed by atoms with Crippen LogP contribution in [-0.4, -0.2) is 72.0 Å². The van der Waals surface area contributed by atoms with Crippen molar-refractivity contribution in [2.45, 2.75) is 70.0 Å². The molecule has 0 radical (unpaired) electrons. The Bertz CT molecular complexity index is 1380. The van der Waals surface area contributed by atoms with Crippen LogP contribution in [-0.2, 0) is 31.2 Å². The molecule has 2 aromatic rings. The van der Waals surface area contributed by atoms with Crippen LogP contribution in [0.3, 0.4) is 0 Å². The average molecular weight is 580 g/mol. The van der Waals surface area contributed by atoms with Gasteiger partial charge in [-0.2, -0.15) is 0 Å². The van der Waals surface area contributed by atoms with Crippen LogP contribution in [0.15, 0.2) is 48.5 Å². The Morgan fingerprint density at radius 3 is 2.52 bits per heavy atom. The quantitative estimate of drug-likeness (QED) is 0.529. The molecule has 0 bridgehead atoms. The molecule has 10 heteroatoms. The first-order valence-corrected chi connectivity index (χ1v) is 14.8. The number of benzene rings is 2. The zero-order valence-electron chi connectivity index (χ0n) is 24.3. The SMILES string of the molecule is C[C@H]1[C@H](C(C)(C)F)[C@@H](CC(=O)N2CCC[C@H]2CO)O[C@]12C(=O)N(Cc1ccc(N3CCOC3=O)cc1)c1ccccc12. The number of likely N-dealkylation sites (tertiary alicyclic amines) is 1. The van der Waals surface area contributed by atoms with Gasteiger partial charge in [-0.3, -0.25) is 14.5 Å². The number of para-hydroxylation sites is 1. The second kappa shape index (κ2) is 10.6. The highest BCUT2D eigenvalue weighted by atomic mass is 19.1. The van der Waals surface area contributed by atoms with E-state index in [2.05, 4.69) is 0 Å². The van der Waals surface area contributed by atoms with E-state index in [4.69, 9.17) is 9.47 Å². The predicted octanol–water partition coefficient (Wildman–Crippen LogP) is 4.16. The van der Waals surface area contributed by atoms with Gasteiger partial charge in [-0.05, 0) is 50.5 Å². The Labute approximate surface area is 245 Å². The van der Waals surface area contributed by atoms with Crippen molar-refractivity contribution in [1.29, 1.82) is 0 Å². The molecular formula is C32H38FN3O6. The third kappa shape index (κ3) is 4.55. The van der Waals surface area contributed by atoms with Crippen LogP contribution < -0.4 is 9.80 Å². The summed E-state index contributed by atoms with van der Waals surface area (Å²) < 4.78 is 27.6. The van der Waals surface area contributed by atoms with E-state index in [0.29, 0.717) is 30.9 Å². The van der Waals surface area contributed by atoms with Crippen LogP contribution >= 0.6 is 0 Å². The van der Waals surface area contributed by atoms with Crippen LogP contribution in [0.5, 0.6) is 0 Å². The van der Waals surface area contributed by atoms with E-state index in [1.165, 1.54) is 13.8 Å². The summed E-state index contributed by atoms with van der Waals surface area (Å²) in [5.41, 5.74) is -0.196. The smallest absolute Gasteiger partial charge is 0.414 e. The number of hydrogen-bond donors (Lipinski definition) is 1. The van der Waals surface area contributed by atoms with E-state index in [1.807, 2.05) is 55.5 Å². The van der Waals surface area contributed by atoms with Crippen molar-refractivity contribution in [3.8, 4) is 0 Å². The summed E-state index contributed by atoms with van der Waals surface area (Å²) in [6.07, 6.45) is 0.289. The van der Waals surface area contributed by atoms with Crippen LogP contribution in [0.25, 0.3) is 0 Å². The van der Waals surface area contributed by atoms with Gasteiger partial charge in [0.25, 0.3) is 5.91 Å². The summed E-state index contributed by atoms with van der Waals surface area (Å²) in [7, 11) is 0. The molecule has 9 nitrogen and oxygen atoms in total. The molecule has 3 saturated heterocycles. The molecule has 1 spiro atoms. The molecule has 0 unspecified atom stereocenters. The molecule has 2 aromatic carbocycles. The fourth-order valence-corrected chi connectivity index (χ4v) is 7.59. The number of amides is 3. The van der Waals surface area contributed by atoms with Crippen molar-refractivity contribution in [2.75, 3.05) is 36.1 Å². The van der Waals surface area contributed by atoms with Crippen LogP contribution in [0, 0.1) is 11.8 Å². The van der Waals surface area contributed by atoms with Gasteiger partial charge in [0.1, 0.15) is 12.3 Å². The van der Waals surface area contributed by atoms with Crippen molar-refractivity contribution in [1.82, 2.24) is 4.90 Å². The molecule has 1 N–H and O–H groups in total. The Morgan fingerprint density at radius 2 is 1.86 bits per heavy atom. The first-order chi connectivity index (χ1) is 20.1. The van der Waals surface area contributed by atoms with Gasteiger partial charge in [-0.25, -0.2) is 9.18 Å². The minimum Gasteiger partial charge on any atom is -0.447 e. The summed E-state index contributed by atoms with van der Waals surface area (Å²) >= 11 is 0. The molecule has 4 aliphatic heterocycles. The topological polar surface area (TPSA) is 99.6 Å². The highest BCUT2D eigenvalue weighted by Crippen LogP contribution is 2.58. The number of rotatable bonds is 7. The molecule has 224 valence electrons. The van der Waals surface area contributed by atoms with Crippen molar-refractivity contribution in [2.24, 2.45) is 11.8 Å². The lowest BCUT2D eigenvalue weighted by molar-refractivity contribution is -0.150. The fourth-order valence-electron chi connectivity index (χ4n) is 7.59. The number of carbonyl (C=O) groups is 3. The molecular weight excluding hydrogens is 541 g/mol. The molecule has 3 amide bonds. The fraction of sp³-hybridized carbons (Fsp3) is 0.531. The van der Waals surface area contributed by atoms with Gasteiger partial charge in [0, 0.05) is 29.6 Å². The largest absolute Gasteiger partial charge is 0.447 e. The average Bonchev–Trinajstić information content (AvgIpc) is 3.72. The third-order valence-electron chi connectivity index (χ3n) is 9.50. The molecule has 0 aromatic heterocycles. The first kappa shape index (κ1) is 28.6. The summed E-state index contributed by atoms with van der Waals surface area (Å²) in [6, 6.07) is 14.6. The van der Waals surface area contributed by atoms with Crippen molar-refractivity contribution in [3.05, 3.63) is 59.7 Å². The zero-order valence-corrected chi connectivity index (χ0v) is 24.3. The molecule has 3 fully saturated rings. The van der Waals surface area contributed by atoms with Gasteiger partial charge < -0.3 is 24.4 Å². The molecule has 4 aliphatic rings. The van der Waals surface area contributed by atoms with Crippen LogP contribution in [0.2, 0.25) is 0 Å². The number of carbonyl (C=O) groups excluding carboxylic acids is 3. The van der Waals surface area contributed by atoms with Gasteiger partial charge in [-0.1, -0.05) is 37.3 Å². The van der Waals surface area contributed by atoms with Crippen LogP contribution in [0.1, 0.15) is 51.2 Å². The molecule has 6 rings (SSSR count). The van der Waals surface area contributed by atoms with E-state index < -0.39 is 29.2 Å². The number of hydrogen-bond acceptors (Lipinski definition) is 6. The molecule has 0 saturated carbocycles. The maximum absolute atomic E-state index is 15.9. The van der Waals surface area contributed by atoms with Gasteiger partial charge in [0.05, 0.1) is 44.0 Å². The third-order valence-corrected chi connectivity index (χ3v) is 9.50. The van der Waals surface area contributed by atoms with Gasteiger partial charge in [-0.15, -0.1) is 0 Å². The highest BCUT2D eigenvalue weighted by Gasteiger charge is 2.66. The second-order valence-electron chi connectivity index (χ2n) is 12.4. The summed E-state index contributed by atoms with van der Waals surface area (Å²) in [5, 5.41) is 9.75. The maximum Gasteiger partial charge on any atom is 0.414 e. The van der Waals surface area contributed by atoms with E-state index in [9.17, 15) is 19.5 Å². The van der Waals surface area contributed by atoms with Crippen molar-refractivity contribution < 1.29 is 33.4 Å². The normalized spacial score (nSPS) is 29.1. The predicted molar refractivity (Wildman–Crippen MR) is 154 cm³/mol. The number of nitrogens with zero attached hydrogens (tertiary/aromatic N) is 3. The number of aliphatic hydroxyl groups is 1. The highest BCUT2D eigenvalue weighted by molar-refractivity contribution is 6.07. The second-order valence-corrected chi connectivity index (χ2v) is 12.4. The van der Waals surface area contributed by atoms with Gasteiger partial charge in [0.15, 0.2) is 5.60 Å². The van der Waals surface area contributed by atoms with Gasteiger partial charge in [0.2, 0.25) is 5.91 Å². The van der Waals surface area contributed by atoms with Crippen molar-refractivity contribution >= 4 is 29.3 Å². The number of aliphatic hydroxyl groups excluding tert-OH is 1. The lowest BCUT2D eigenvalue weighted by atomic mass is 9.71. The number of halogens is 1. The van der Waals surface area contributed by atoms with E-state index >= 15 is 4.39 Å². The number of fused-ring (bicyclic) bond motifs is 2. The lowest BCUT2D eigenvalue weighted by Crippen LogP contribution is -2.45. The summed E-state index contributed by atoms with van der Waals surface area (Å²) in [4.78, 5) is 44.8. The summed E-state index contributed by atoms with van der Waals surface area (Å²) in [6.45, 7) is 6.37. The number of alkyl halides is 1. The minimum atomic E-state index is -1.72. The summed E-state index contributed by atoms with van der Waals surface area (Å²) in [5.74, 6) is -1.73. The Hall–Kier alpha value is -3.50. The molecule has 4 heterocycles. The zero-order chi connectivity index (χ0) is 29.8. The van der Waals surface area contributed by atoms with E-state index in [-0.39, 0.29) is 43.5 Å². The van der Waals surface area contributed by atoms with Crippen molar-refractivity contribution in [3.63, 3.8) is 0 Å². The number of ether oxygens (including phenoxy) is 2. The minimum absolute atomic E-state index is 0.0591. The lowest BCUT2D eigenvalue weighted by Gasteiger charge is -2.32. The van der Waals surface area contributed by atoms with Crippen LogP contribution in [0.4, 0.5) is 20.6 Å². The van der Waals surface area contributed by atoms with Gasteiger partial charge >= 0.3 is 6.09 Å². The first-order valence-electron chi connectivity index (χ1n) is 14.8. The number of cyclic esters (lactones) is 1. The maximum atomic E-state index is 15.9. The Morgan fingerprint density at radius 1 is 1.12 bits per heavy atom. The van der Waals surface area contributed by atoms with E-state index in [0.717, 1.165) is 24.1 Å². The number of anilines is 2. The Balaban J connectivity index is 1.30.